The van der Waals surface area contributed by atoms with Crippen LogP contribution < -0.4 is 9.64 Å². The number of aryl methyl sites for hydroxylation is 1. The van der Waals surface area contributed by atoms with E-state index in [0.717, 1.165) is 80.8 Å². The van der Waals surface area contributed by atoms with Crippen LogP contribution in [0.25, 0.3) is 11.3 Å². The fraction of sp³-hybridized carbons (Fsp3) is 0.515. The highest BCUT2D eigenvalue weighted by molar-refractivity contribution is 7.14. The largest absolute Gasteiger partial charge is 0.488 e. The number of aromatic nitrogens is 1. The van der Waals surface area contributed by atoms with E-state index >= 15 is 0 Å². The molecule has 4 aliphatic rings. The summed E-state index contributed by atoms with van der Waals surface area (Å²) < 4.78 is 12.3. The van der Waals surface area contributed by atoms with Gasteiger partial charge in [0.1, 0.15) is 18.6 Å². The summed E-state index contributed by atoms with van der Waals surface area (Å²) in [6, 6.07) is 11.5. The first-order valence-corrected chi connectivity index (χ1v) is 15.7. The van der Waals surface area contributed by atoms with Crippen LogP contribution in [0.1, 0.15) is 53.5 Å². The Morgan fingerprint density at radius 1 is 1.23 bits per heavy atom. The van der Waals surface area contributed by atoms with E-state index in [-0.39, 0.29) is 5.41 Å². The SMILES string of the molecule is Cc1ccc(OCc2ccc3c(c2C)CCN(C2CCCOC2)C3)c(-c2csc(N3CCC4(C=O)CC4C3)n2)c1. The number of rotatable bonds is 7. The Labute approximate surface area is 241 Å². The van der Waals surface area contributed by atoms with Crippen molar-refractivity contribution >= 4 is 22.8 Å². The minimum atomic E-state index is -0.0350. The third-order valence-electron chi connectivity index (χ3n) is 9.84. The average molecular weight is 558 g/mol. The summed E-state index contributed by atoms with van der Waals surface area (Å²) in [6.45, 7) is 10.7. The number of carbonyl (C=O) groups excluding carboxylic acids is 1. The van der Waals surface area contributed by atoms with Crippen molar-refractivity contribution in [2.45, 2.75) is 65.1 Å². The van der Waals surface area contributed by atoms with E-state index < -0.39 is 0 Å². The highest BCUT2D eigenvalue weighted by Crippen LogP contribution is 2.56. The van der Waals surface area contributed by atoms with Crippen molar-refractivity contribution in [3.63, 3.8) is 0 Å². The Kier molecular flexibility index (Phi) is 6.93. The molecule has 3 unspecified atom stereocenters. The topological polar surface area (TPSA) is 54.9 Å². The number of thiazole rings is 1. The Morgan fingerprint density at radius 3 is 2.98 bits per heavy atom. The minimum absolute atomic E-state index is 0.0350. The lowest BCUT2D eigenvalue weighted by Gasteiger charge is -2.38. The monoisotopic (exact) mass is 557 g/mol. The van der Waals surface area contributed by atoms with Gasteiger partial charge >= 0.3 is 0 Å². The standard InChI is InChI=1S/C33H39N3O3S/c1-22-5-8-31(29(14-22)30-20-40-32(34-30)36-12-10-33(21-37)15-26(33)17-36)39-18-25-7-6-24-16-35(11-9-28(24)23(25)2)27-4-3-13-38-19-27/h5-8,14,20-21,26-27H,3-4,9-13,15-19H2,1-2H3. The molecule has 3 atom stereocenters. The summed E-state index contributed by atoms with van der Waals surface area (Å²) in [7, 11) is 0. The second kappa shape index (κ2) is 10.6. The quantitative estimate of drug-likeness (QED) is 0.334. The molecule has 3 fully saturated rings. The molecule has 0 radical (unpaired) electrons. The van der Waals surface area contributed by atoms with Gasteiger partial charge in [0.15, 0.2) is 5.13 Å². The van der Waals surface area contributed by atoms with Crippen LogP contribution in [0, 0.1) is 25.2 Å². The molecule has 2 saturated heterocycles. The lowest BCUT2D eigenvalue weighted by Crippen LogP contribution is -2.44. The van der Waals surface area contributed by atoms with Crippen molar-refractivity contribution in [1.82, 2.24) is 9.88 Å². The van der Waals surface area contributed by atoms with Gasteiger partial charge in [-0.05, 0) is 86.3 Å². The van der Waals surface area contributed by atoms with Crippen molar-refractivity contribution in [2.75, 3.05) is 37.7 Å². The predicted molar refractivity (Wildman–Crippen MR) is 159 cm³/mol. The Bertz CT molecular complexity index is 1410. The molecule has 210 valence electrons. The molecule has 3 aliphatic heterocycles. The van der Waals surface area contributed by atoms with Gasteiger partial charge in [-0.1, -0.05) is 23.8 Å². The van der Waals surface area contributed by atoms with Gasteiger partial charge in [-0.3, -0.25) is 4.90 Å². The van der Waals surface area contributed by atoms with E-state index in [4.69, 9.17) is 14.5 Å². The van der Waals surface area contributed by atoms with Crippen molar-refractivity contribution in [1.29, 1.82) is 0 Å². The molecule has 6 nitrogen and oxygen atoms in total. The Hall–Kier alpha value is -2.74. The molecule has 0 amide bonds. The molecule has 0 bridgehead atoms. The second-order valence-electron chi connectivity index (χ2n) is 12.3. The summed E-state index contributed by atoms with van der Waals surface area (Å²) in [5.74, 6) is 1.37. The molecule has 0 spiro atoms. The van der Waals surface area contributed by atoms with Gasteiger partial charge in [0.2, 0.25) is 0 Å². The maximum atomic E-state index is 11.5. The summed E-state index contributed by atoms with van der Waals surface area (Å²) >= 11 is 1.69. The molecular weight excluding hydrogens is 518 g/mol. The molecule has 1 saturated carbocycles. The number of nitrogens with zero attached hydrogens (tertiary/aromatic N) is 3. The molecule has 0 N–H and O–H groups in total. The number of fused-ring (bicyclic) bond motifs is 2. The van der Waals surface area contributed by atoms with Crippen LogP contribution in [-0.2, 0) is 29.1 Å². The number of aldehydes is 1. The number of piperidine rings is 1. The second-order valence-corrected chi connectivity index (χ2v) is 13.2. The fourth-order valence-corrected chi connectivity index (χ4v) is 7.94. The van der Waals surface area contributed by atoms with Gasteiger partial charge in [0.05, 0.1) is 12.3 Å². The van der Waals surface area contributed by atoms with E-state index in [0.29, 0.717) is 18.6 Å². The first-order valence-electron chi connectivity index (χ1n) is 14.9. The van der Waals surface area contributed by atoms with Gasteiger partial charge in [0.25, 0.3) is 0 Å². The first-order chi connectivity index (χ1) is 19.5. The van der Waals surface area contributed by atoms with Crippen LogP contribution in [0.2, 0.25) is 0 Å². The molecular formula is C33H39N3O3S. The van der Waals surface area contributed by atoms with E-state index in [2.05, 4.69) is 59.4 Å². The third-order valence-corrected chi connectivity index (χ3v) is 10.7. The molecule has 40 heavy (non-hydrogen) atoms. The summed E-state index contributed by atoms with van der Waals surface area (Å²) in [5.41, 5.74) is 8.77. The number of anilines is 1. The van der Waals surface area contributed by atoms with E-state index in [1.165, 1.54) is 46.9 Å². The van der Waals surface area contributed by atoms with Gasteiger partial charge in [-0.2, -0.15) is 0 Å². The van der Waals surface area contributed by atoms with E-state index in [1.54, 1.807) is 11.3 Å². The first kappa shape index (κ1) is 26.2. The summed E-state index contributed by atoms with van der Waals surface area (Å²) in [6.07, 6.45) is 6.70. The lowest BCUT2D eigenvalue weighted by atomic mass is 9.91. The number of carbonyl (C=O) groups is 1. The normalized spacial score (nSPS) is 26.2. The smallest absolute Gasteiger partial charge is 0.185 e. The van der Waals surface area contributed by atoms with Crippen LogP contribution in [0.5, 0.6) is 5.75 Å². The lowest BCUT2D eigenvalue weighted by molar-refractivity contribution is -0.113. The predicted octanol–water partition coefficient (Wildman–Crippen LogP) is 5.96. The highest BCUT2D eigenvalue weighted by atomic mass is 32.1. The minimum Gasteiger partial charge on any atom is -0.488 e. The molecule has 4 heterocycles. The zero-order chi connectivity index (χ0) is 27.3. The summed E-state index contributed by atoms with van der Waals surface area (Å²) in [5, 5.41) is 3.20. The van der Waals surface area contributed by atoms with Crippen molar-refractivity contribution in [3.8, 4) is 17.0 Å². The van der Waals surface area contributed by atoms with E-state index in [1.807, 2.05) is 0 Å². The molecule has 1 aromatic heterocycles. The third kappa shape index (κ3) is 4.86. The van der Waals surface area contributed by atoms with E-state index in [9.17, 15) is 4.79 Å². The van der Waals surface area contributed by atoms with Crippen molar-refractivity contribution in [3.05, 3.63) is 63.5 Å². The van der Waals surface area contributed by atoms with Gasteiger partial charge < -0.3 is 19.2 Å². The van der Waals surface area contributed by atoms with Crippen LogP contribution in [0.4, 0.5) is 5.13 Å². The molecule has 7 rings (SSSR count). The zero-order valence-corrected chi connectivity index (χ0v) is 24.5. The molecule has 3 aromatic rings. The van der Waals surface area contributed by atoms with Crippen LogP contribution in [-0.4, -0.2) is 55.1 Å². The van der Waals surface area contributed by atoms with Crippen molar-refractivity contribution < 1.29 is 14.3 Å². The summed E-state index contributed by atoms with van der Waals surface area (Å²) in [4.78, 5) is 21.5. The Balaban J connectivity index is 1.06. The fourth-order valence-electron chi connectivity index (χ4n) is 7.08. The molecule has 2 aromatic carbocycles. The number of hydrogen-bond acceptors (Lipinski definition) is 7. The molecule has 7 heteroatoms. The maximum absolute atomic E-state index is 11.5. The van der Waals surface area contributed by atoms with Crippen molar-refractivity contribution in [2.24, 2.45) is 11.3 Å². The average Bonchev–Trinajstić information content (AvgIpc) is 3.52. The van der Waals surface area contributed by atoms with Gasteiger partial charge in [-0.15, -0.1) is 11.3 Å². The zero-order valence-electron chi connectivity index (χ0n) is 23.7. The van der Waals surface area contributed by atoms with Crippen LogP contribution in [0.15, 0.2) is 35.7 Å². The van der Waals surface area contributed by atoms with Crippen LogP contribution in [0.3, 0.4) is 0 Å². The van der Waals surface area contributed by atoms with Gasteiger partial charge in [-0.25, -0.2) is 4.98 Å². The highest BCUT2D eigenvalue weighted by Gasteiger charge is 2.56. The maximum Gasteiger partial charge on any atom is 0.185 e. The van der Waals surface area contributed by atoms with Crippen LogP contribution >= 0.6 is 11.3 Å². The van der Waals surface area contributed by atoms with Gasteiger partial charge in [0, 0.05) is 55.2 Å². The number of ether oxygens (including phenoxy) is 2. The number of benzene rings is 2. The molecule has 1 aliphatic carbocycles. The number of hydrogen-bond donors (Lipinski definition) is 0. The Morgan fingerprint density at radius 2 is 2.15 bits per heavy atom.